The van der Waals surface area contributed by atoms with E-state index in [0.717, 1.165) is 16.9 Å². The molecule has 1 atom stereocenters. The molecule has 0 spiro atoms. The molecule has 2 heterocycles. The van der Waals surface area contributed by atoms with Crippen LogP contribution in [-0.4, -0.2) is 50.5 Å². The molecule has 3 N–H and O–H groups in total. The number of urea groups is 1. The third-order valence-electron chi connectivity index (χ3n) is 4.35. The standard InChI is InChI=1S/C19H24N6O3/c1-12(2)10-15-21-18(24-23-15)22-16(26)11-14-17(27)25(19(28)20-14)9-8-13-6-4-3-5-7-13/h3-7,12,14H,8-11H2,1-2H3,(H,20,28)(H2,21,22,23,24,26)/t14-/m1/s1. The highest BCUT2D eigenvalue weighted by atomic mass is 16.2. The molecule has 1 aliphatic heterocycles. The van der Waals surface area contributed by atoms with E-state index in [1.165, 1.54) is 0 Å². The van der Waals surface area contributed by atoms with Crippen molar-refractivity contribution in [2.75, 3.05) is 11.9 Å². The van der Waals surface area contributed by atoms with Gasteiger partial charge in [-0.15, -0.1) is 5.10 Å². The molecule has 1 aromatic carbocycles. The van der Waals surface area contributed by atoms with E-state index in [2.05, 4.69) is 39.7 Å². The smallest absolute Gasteiger partial charge is 0.324 e. The van der Waals surface area contributed by atoms with Gasteiger partial charge in [0.1, 0.15) is 11.9 Å². The Morgan fingerprint density at radius 3 is 2.71 bits per heavy atom. The molecule has 0 bridgehead atoms. The van der Waals surface area contributed by atoms with Crippen LogP contribution in [0.2, 0.25) is 0 Å². The molecule has 148 valence electrons. The minimum atomic E-state index is -0.877. The van der Waals surface area contributed by atoms with E-state index in [0.29, 0.717) is 18.2 Å². The fourth-order valence-corrected chi connectivity index (χ4v) is 3.00. The minimum Gasteiger partial charge on any atom is -0.325 e. The first-order chi connectivity index (χ1) is 13.4. The highest BCUT2D eigenvalue weighted by molar-refractivity contribution is 6.06. The van der Waals surface area contributed by atoms with Gasteiger partial charge in [0.15, 0.2) is 0 Å². The molecule has 9 nitrogen and oxygen atoms in total. The number of rotatable bonds is 8. The number of nitrogens with zero attached hydrogens (tertiary/aromatic N) is 3. The first-order valence-electron chi connectivity index (χ1n) is 9.29. The van der Waals surface area contributed by atoms with E-state index >= 15 is 0 Å². The van der Waals surface area contributed by atoms with Crippen molar-refractivity contribution in [2.45, 2.75) is 39.2 Å². The second kappa shape index (κ2) is 8.64. The van der Waals surface area contributed by atoms with Crippen LogP contribution in [0.15, 0.2) is 30.3 Å². The van der Waals surface area contributed by atoms with Gasteiger partial charge < -0.3 is 5.32 Å². The molecule has 2 aromatic rings. The molecule has 1 fully saturated rings. The Hall–Kier alpha value is -3.23. The number of aromatic amines is 1. The first-order valence-corrected chi connectivity index (χ1v) is 9.29. The molecule has 3 rings (SSSR count). The van der Waals surface area contributed by atoms with E-state index < -0.39 is 23.9 Å². The highest BCUT2D eigenvalue weighted by Crippen LogP contribution is 2.12. The maximum atomic E-state index is 12.5. The SMILES string of the molecule is CC(C)Cc1nc(NC(=O)C[C@H]2NC(=O)N(CCc3ccccc3)C2=O)n[nH]1. The monoisotopic (exact) mass is 384 g/mol. The van der Waals surface area contributed by atoms with Gasteiger partial charge in [-0.1, -0.05) is 44.2 Å². The van der Waals surface area contributed by atoms with Crippen LogP contribution in [0, 0.1) is 5.92 Å². The van der Waals surface area contributed by atoms with Gasteiger partial charge in [0.05, 0.1) is 6.42 Å². The van der Waals surface area contributed by atoms with E-state index in [1.54, 1.807) is 0 Å². The number of benzene rings is 1. The summed E-state index contributed by atoms with van der Waals surface area (Å²) in [4.78, 5) is 42.1. The summed E-state index contributed by atoms with van der Waals surface area (Å²) in [6.07, 6.45) is 1.12. The van der Waals surface area contributed by atoms with Crippen molar-refractivity contribution in [3.05, 3.63) is 41.7 Å². The molecule has 1 saturated heterocycles. The number of amides is 4. The van der Waals surface area contributed by atoms with Crippen molar-refractivity contribution < 1.29 is 14.4 Å². The van der Waals surface area contributed by atoms with Gasteiger partial charge in [-0.2, -0.15) is 4.98 Å². The number of hydrogen-bond acceptors (Lipinski definition) is 5. The molecule has 9 heteroatoms. The predicted octanol–water partition coefficient (Wildman–Crippen LogP) is 1.49. The second-order valence-corrected chi connectivity index (χ2v) is 7.18. The van der Waals surface area contributed by atoms with Crippen LogP contribution < -0.4 is 10.6 Å². The topological polar surface area (TPSA) is 120 Å². The van der Waals surface area contributed by atoms with E-state index in [-0.39, 0.29) is 18.9 Å². The molecular formula is C19H24N6O3. The van der Waals surface area contributed by atoms with Gasteiger partial charge in [-0.3, -0.25) is 24.9 Å². The molecule has 0 unspecified atom stereocenters. The van der Waals surface area contributed by atoms with Crippen LogP contribution in [0.5, 0.6) is 0 Å². The average Bonchev–Trinajstić information content (AvgIpc) is 3.18. The molecule has 0 radical (unpaired) electrons. The number of carbonyl (C=O) groups is 3. The third kappa shape index (κ3) is 4.93. The Balaban J connectivity index is 1.51. The van der Waals surface area contributed by atoms with Gasteiger partial charge >= 0.3 is 6.03 Å². The van der Waals surface area contributed by atoms with Crippen molar-refractivity contribution in [1.82, 2.24) is 25.4 Å². The summed E-state index contributed by atoms with van der Waals surface area (Å²) in [6, 6.07) is 8.25. The summed E-state index contributed by atoms with van der Waals surface area (Å²) in [5.41, 5.74) is 1.03. The lowest BCUT2D eigenvalue weighted by Crippen LogP contribution is -2.35. The van der Waals surface area contributed by atoms with E-state index in [9.17, 15) is 14.4 Å². The van der Waals surface area contributed by atoms with Gasteiger partial charge in [0, 0.05) is 13.0 Å². The predicted molar refractivity (Wildman–Crippen MR) is 102 cm³/mol. The number of carbonyl (C=O) groups excluding carboxylic acids is 3. The second-order valence-electron chi connectivity index (χ2n) is 7.18. The lowest BCUT2D eigenvalue weighted by molar-refractivity contribution is -0.129. The largest absolute Gasteiger partial charge is 0.325 e. The van der Waals surface area contributed by atoms with Crippen molar-refractivity contribution in [1.29, 1.82) is 0 Å². The molecule has 1 aliphatic rings. The minimum absolute atomic E-state index is 0.165. The Bertz CT molecular complexity index is 848. The maximum absolute atomic E-state index is 12.5. The zero-order valence-electron chi connectivity index (χ0n) is 15.9. The van der Waals surface area contributed by atoms with Crippen LogP contribution in [0.1, 0.15) is 31.7 Å². The Morgan fingerprint density at radius 2 is 2.00 bits per heavy atom. The fraction of sp³-hybridized carbons (Fsp3) is 0.421. The number of anilines is 1. The molecule has 0 saturated carbocycles. The molecule has 1 aromatic heterocycles. The van der Waals surface area contributed by atoms with E-state index in [4.69, 9.17) is 0 Å². The summed E-state index contributed by atoms with van der Waals surface area (Å²) in [6.45, 7) is 4.38. The Labute approximate surface area is 162 Å². The molecular weight excluding hydrogens is 360 g/mol. The zero-order valence-corrected chi connectivity index (χ0v) is 15.9. The summed E-state index contributed by atoms with van der Waals surface area (Å²) < 4.78 is 0. The van der Waals surface area contributed by atoms with Crippen LogP contribution in [-0.2, 0) is 22.4 Å². The van der Waals surface area contributed by atoms with Crippen molar-refractivity contribution in [3.63, 3.8) is 0 Å². The highest BCUT2D eigenvalue weighted by Gasteiger charge is 2.38. The molecule has 4 amide bonds. The van der Waals surface area contributed by atoms with Gasteiger partial charge in [0.25, 0.3) is 5.91 Å². The number of imide groups is 1. The van der Waals surface area contributed by atoms with Gasteiger partial charge in [-0.05, 0) is 17.9 Å². The number of nitrogens with one attached hydrogen (secondary N) is 3. The van der Waals surface area contributed by atoms with Crippen molar-refractivity contribution in [3.8, 4) is 0 Å². The number of aromatic nitrogens is 3. The van der Waals surface area contributed by atoms with Crippen LogP contribution in [0.25, 0.3) is 0 Å². The number of H-pyrrole nitrogens is 1. The Kier molecular flexibility index (Phi) is 6.03. The third-order valence-corrected chi connectivity index (χ3v) is 4.35. The zero-order chi connectivity index (χ0) is 20.1. The van der Waals surface area contributed by atoms with E-state index in [1.807, 2.05) is 30.3 Å². The van der Waals surface area contributed by atoms with Crippen LogP contribution in [0.4, 0.5) is 10.7 Å². The fourth-order valence-electron chi connectivity index (χ4n) is 3.00. The normalized spacial score (nSPS) is 16.5. The summed E-state index contributed by atoms with van der Waals surface area (Å²) in [7, 11) is 0. The Morgan fingerprint density at radius 1 is 1.25 bits per heavy atom. The quantitative estimate of drug-likeness (QED) is 0.596. The van der Waals surface area contributed by atoms with Crippen LogP contribution in [0.3, 0.4) is 0 Å². The lowest BCUT2D eigenvalue weighted by atomic mass is 10.1. The summed E-state index contributed by atoms with van der Waals surface area (Å²) in [5.74, 6) is 0.427. The maximum Gasteiger partial charge on any atom is 0.324 e. The average molecular weight is 384 g/mol. The molecule has 28 heavy (non-hydrogen) atoms. The van der Waals surface area contributed by atoms with Gasteiger partial charge in [0.2, 0.25) is 11.9 Å². The summed E-state index contributed by atoms with van der Waals surface area (Å²) >= 11 is 0. The molecule has 0 aliphatic carbocycles. The van der Waals surface area contributed by atoms with Crippen LogP contribution >= 0.6 is 0 Å². The van der Waals surface area contributed by atoms with Gasteiger partial charge in [-0.25, -0.2) is 4.79 Å². The van der Waals surface area contributed by atoms with Crippen molar-refractivity contribution in [2.24, 2.45) is 5.92 Å². The number of hydrogen-bond donors (Lipinski definition) is 3. The van der Waals surface area contributed by atoms with Crippen molar-refractivity contribution >= 4 is 23.8 Å². The lowest BCUT2D eigenvalue weighted by Gasteiger charge is -2.12. The summed E-state index contributed by atoms with van der Waals surface area (Å²) in [5, 5.41) is 11.8. The first kappa shape index (κ1) is 19.5.